The number of aryl methyl sites for hydroxylation is 1. The van der Waals surface area contributed by atoms with Crippen molar-refractivity contribution in [2.75, 3.05) is 7.11 Å². The van der Waals surface area contributed by atoms with Gasteiger partial charge in [0.1, 0.15) is 0 Å². The number of amides is 1. The molecule has 1 rings (SSSR count). The average Bonchev–Trinajstić information content (AvgIpc) is 2.49. The van der Waals surface area contributed by atoms with Crippen LogP contribution in [0.3, 0.4) is 0 Å². The molecule has 0 aliphatic carbocycles. The van der Waals surface area contributed by atoms with Gasteiger partial charge in [-0.2, -0.15) is 0 Å². The Morgan fingerprint density at radius 3 is 2.74 bits per heavy atom. The molecule has 0 aliphatic rings. The van der Waals surface area contributed by atoms with E-state index in [9.17, 15) is 9.90 Å². The lowest BCUT2D eigenvalue weighted by Crippen LogP contribution is -2.22. The molecule has 0 spiro atoms. The number of hydrogen-bond acceptors (Lipinski definition) is 3. The highest BCUT2D eigenvalue weighted by molar-refractivity contribution is 5.75. The number of hydrogen-bond donors (Lipinski definition) is 2. The maximum absolute atomic E-state index is 11.9. The highest BCUT2D eigenvalue weighted by Crippen LogP contribution is 2.29. The van der Waals surface area contributed by atoms with Crippen LogP contribution in [0.1, 0.15) is 50.7 Å². The minimum absolute atomic E-state index is 0.0595. The predicted octanol–water partition coefficient (Wildman–Crippen LogP) is 4.10. The lowest BCUT2D eigenvalue weighted by Gasteiger charge is -2.11. The lowest BCUT2D eigenvalue weighted by molar-refractivity contribution is -0.121. The second-order valence-corrected chi connectivity index (χ2v) is 6.15. The molecule has 4 nitrogen and oxygen atoms in total. The summed E-state index contributed by atoms with van der Waals surface area (Å²) >= 11 is 0. The van der Waals surface area contributed by atoms with Crippen molar-refractivity contribution in [3.05, 3.63) is 35.4 Å². The first-order valence-corrected chi connectivity index (χ1v) is 8.24. The first-order chi connectivity index (χ1) is 10.9. The molecule has 0 atom stereocenters. The van der Waals surface area contributed by atoms with Crippen LogP contribution < -0.4 is 10.1 Å². The molecule has 1 aromatic rings. The Morgan fingerprint density at radius 2 is 2.09 bits per heavy atom. The SMILES string of the molecule is COc1cc(CNC(=O)CCCC/C=C/C(C)C)c(C)cc1O. The van der Waals surface area contributed by atoms with E-state index < -0.39 is 0 Å². The van der Waals surface area contributed by atoms with E-state index in [1.54, 1.807) is 12.1 Å². The number of methoxy groups -OCH3 is 1. The van der Waals surface area contributed by atoms with Crippen molar-refractivity contribution in [1.29, 1.82) is 0 Å². The molecular formula is C19H29NO3. The molecule has 4 heteroatoms. The Morgan fingerprint density at radius 1 is 1.35 bits per heavy atom. The molecule has 0 aliphatic heterocycles. The molecule has 0 aromatic heterocycles. The number of ether oxygens (including phenoxy) is 1. The number of phenolic OH excluding ortho intramolecular Hbond substituents is 1. The van der Waals surface area contributed by atoms with Crippen LogP contribution >= 0.6 is 0 Å². The highest BCUT2D eigenvalue weighted by atomic mass is 16.5. The monoisotopic (exact) mass is 319 g/mol. The van der Waals surface area contributed by atoms with Crippen molar-refractivity contribution in [3.8, 4) is 11.5 Å². The van der Waals surface area contributed by atoms with Gasteiger partial charge in [0.05, 0.1) is 7.11 Å². The summed E-state index contributed by atoms with van der Waals surface area (Å²) in [5, 5.41) is 12.6. The predicted molar refractivity (Wildman–Crippen MR) is 93.7 cm³/mol. The highest BCUT2D eigenvalue weighted by Gasteiger charge is 2.08. The van der Waals surface area contributed by atoms with Gasteiger partial charge in [0.2, 0.25) is 5.91 Å². The molecule has 0 unspecified atom stereocenters. The van der Waals surface area contributed by atoms with E-state index >= 15 is 0 Å². The maximum Gasteiger partial charge on any atom is 0.220 e. The quantitative estimate of drug-likeness (QED) is 0.532. The van der Waals surface area contributed by atoms with Crippen LogP contribution in [-0.2, 0) is 11.3 Å². The summed E-state index contributed by atoms with van der Waals surface area (Å²) in [6, 6.07) is 3.42. The topological polar surface area (TPSA) is 58.6 Å². The molecule has 1 amide bonds. The van der Waals surface area contributed by atoms with E-state index in [-0.39, 0.29) is 11.7 Å². The van der Waals surface area contributed by atoms with E-state index in [1.165, 1.54) is 7.11 Å². The number of unbranched alkanes of at least 4 members (excludes halogenated alkanes) is 2. The summed E-state index contributed by atoms with van der Waals surface area (Å²) in [4.78, 5) is 11.9. The van der Waals surface area contributed by atoms with Gasteiger partial charge in [-0.3, -0.25) is 4.79 Å². The fraction of sp³-hybridized carbons (Fsp3) is 0.526. The van der Waals surface area contributed by atoms with Gasteiger partial charge >= 0.3 is 0 Å². The third-order valence-electron chi connectivity index (χ3n) is 3.66. The normalized spacial score (nSPS) is 11.2. The number of benzene rings is 1. The fourth-order valence-corrected chi connectivity index (χ4v) is 2.27. The number of carbonyl (C=O) groups excluding carboxylic acids is 1. The molecule has 23 heavy (non-hydrogen) atoms. The molecule has 0 heterocycles. The number of aromatic hydroxyl groups is 1. The van der Waals surface area contributed by atoms with Crippen LogP contribution in [0.5, 0.6) is 11.5 Å². The van der Waals surface area contributed by atoms with Crippen LogP contribution in [0.15, 0.2) is 24.3 Å². The third kappa shape index (κ3) is 7.22. The second kappa shape index (κ2) is 9.93. The first kappa shape index (κ1) is 19.1. The Bertz CT molecular complexity index is 536. The lowest BCUT2D eigenvalue weighted by atomic mass is 10.1. The largest absolute Gasteiger partial charge is 0.504 e. The minimum Gasteiger partial charge on any atom is -0.504 e. The van der Waals surface area contributed by atoms with Gasteiger partial charge in [0.25, 0.3) is 0 Å². The van der Waals surface area contributed by atoms with Gasteiger partial charge in [-0.05, 0) is 55.4 Å². The summed E-state index contributed by atoms with van der Waals surface area (Å²) in [6.07, 6.45) is 7.88. The van der Waals surface area contributed by atoms with Crippen molar-refractivity contribution < 1.29 is 14.6 Å². The zero-order chi connectivity index (χ0) is 17.2. The van der Waals surface area contributed by atoms with E-state index in [1.807, 2.05) is 6.92 Å². The van der Waals surface area contributed by atoms with E-state index in [2.05, 4.69) is 31.3 Å². The Labute approximate surface area is 139 Å². The van der Waals surface area contributed by atoms with Crippen molar-refractivity contribution in [2.24, 2.45) is 5.92 Å². The zero-order valence-corrected chi connectivity index (χ0v) is 14.7. The molecule has 1 aromatic carbocycles. The Balaban J connectivity index is 2.33. The Hall–Kier alpha value is -1.97. The van der Waals surface area contributed by atoms with Crippen molar-refractivity contribution in [3.63, 3.8) is 0 Å². The Kier molecular flexibility index (Phi) is 8.23. The molecule has 0 fully saturated rings. The molecule has 2 N–H and O–H groups in total. The standard InChI is InChI=1S/C19H29NO3/c1-14(2)9-7-5-6-8-10-19(22)20-13-16-12-18(23-4)17(21)11-15(16)3/h7,9,11-12,14,21H,5-6,8,10,13H2,1-4H3,(H,20,22)/b9-7+. The number of nitrogens with one attached hydrogen (secondary N) is 1. The number of rotatable bonds is 9. The van der Waals surface area contributed by atoms with Gasteiger partial charge < -0.3 is 15.2 Å². The molecule has 0 saturated carbocycles. The van der Waals surface area contributed by atoms with Crippen LogP contribution in [0.4, 0.5) is 0 Å². The summed E-state index contributed by atoms with van der Waals surface area (Å²) in [6.45, 7) is 6.67. The number of carbonyl (C=O) groups is 1. The fourth-order valence-electron chi connectivity index (χ4n) is 2.27. The summed E-state index contributed by atoms with van der Waals surface area (Å²) in [5.41, 5.74) is 1.88. The molecule has 0 saturated heterocycles. The van der Waals surface area contributed by atoms with Crippen LogP contribution in [0, 0.1) is 12.8 Å². The molecular weight excluding hydrogens is 290 g/mol. The number of allylic oxidation sites excluding steroid dienone is 2. The molecule has 0 radical (unpaired) electrons. The molecule has 128 valence electrons. The van der Waals surface area contributed by atoms with E-state index in [4.69, 9.17) is 4.74 Å². The van der Waals surface area contributed by atoms with Gasteiger partial charge in [-0.1, -0.05) is 26.0 Å². The van der Waals surface area contributed by atoms with E-state index in [0.29, 0.717) is 24.6 Å². The van der Waals surface area contributed by atoms with Crippen LogP contribution in [0.25, 0.3) is 0 Å². The smallest absolute Gasteiger partial charge is 0.220 e. The number of phenols is 1. The van der Waals surface area contributed by atoms with Crippen molar-refractivity contribution >= 4 is 5.91 Å². The third-order valence-corrected chi connectivity index (χ3v) is 3.66. The summed E-state index contributed by atoms with van der Waals surface area (Å²) in [7, 11) is 1.51. The van der Waals surface area contributed by atoms with Crippen LogP contribution in [-0.4, -0.2) is 18.1 Å². The average molecular weight is 319 g/mol. The van der Waals surface area contributed by atoms with Gasteiger partial charge in [-0.15, -0.1) is 0 Å². The van der Waals surface area contributed by atoms with Gasteiger partial charge in [-0.25, -0.2) is 0 Å². The first-order valence-electron chi connectivity index (χ1n) is 8.24. The van der Waals surface area contributed by atoms with Crippen molar-refractivity contribution in [2.45, 2.75) is 53.0 Å². The molecule has 0 bridgehead atoms. The van der Waals surface area contributed by atoms with Crippen molar-refractivity contribution in [1.82, 2.24) is 5.32 Å². The second-order valence-electron chi connectivity index (χ2n) is 6.15. The van der Waals surface area contributed by atoms with E-state index in [0.717, 1.165) is 30.4 Å². The summed E-state index contributed by atoms with van der Waals surface area (Å²) in [5.74, 6) is 1.19. The maximum atomic E-state index is 11.9. The minimum atomic E-state index is 0.0595. The zero-order valence-electron chi connectivity index (χ0n) is 14.7. The summed E-state index contributed by atoms with van der Waals surface area (Å²) < 4.78 is 5.10. The van der Waals surface area contributed by atoms with Crippen LogP contribution in [0.2, 0.25) is 0 Å². The van der Waals surface area contributed by atoms with Gasteiger partial charge in [0, 0.05) is 13.0 Å². The van der Waals surface area contributed by atoms with Gasteiger partial charge in [0.15, 0.2) is 11.5 Å².